The van der Waals surface area contributed by atoms with Crippen molar-refractivity contribution in [1.29, 1.82) is 0 Å². The molecule has 4 heteroatoms. The summed E-state index contributed by atoms with van der Waals surface area (Å²) < 4.78 is 39.7. The lowest BCUT2D eigenvalue weighted by molar-refractivity contribution is 0.288. The Morgan fingerprint density at radius 1 is 1.10 bits per heavy atom. The Labute approximate surface area is 118 Å². The van der Waals surface area contributed by atoms with Gasteiger partial charge >= 0.3 is 0 Å². The molecule has 2 unspecified atom stereocenters. The topological polar surface area (TPSA) is 12.0 Å². The monoisotopic (exact) mass is 285 g/mol. The third kappa shape index (κ3) is 3.90. The summed E-state index contributed by atoms with van der Waals surface area (Å²) in [4.78, 5) is 0. The molecular formula is C16H22F3N. The molecule has 0 bridgehead atoms. The number of hydrogen-bond acceptors (Lipinski definition) is 1. The lowest BCUT2D eigenvalue weighted by Crippen LogP contribution is -2.28. The van der Waals surface area contributed by atoms with Crippen molar-refractivity contribution >= 4 is 5.69 Å². The molecule has 0 amide bonds. The molecule has 1 aliphatic carbocycles. The number of anilines is 1. The maximum atomic E-state index is 13.6. The summed E-state index contributed by atoms with van der Waals surface area (Å²) in [6.45, 7) is 4.40. The van der Waals surface area contributed by atoms with Gasteiger partial charge in [-0.15, -0.1) is 0 Å². The van der Waals surface area contributed by atoms with Gasteiger partial charge in [-0.1, -0.05) is 26.7 Å². The van der Waals surface area contributed by atoms with E-state index in [2.05, 4.69) is 19.2 Å². The van der Waals surface area contributed by atoms with Crippen LogP contribution < -0.4 is 5.32 Å². The van der Waals surface area contributed by atoms with Crippen LogP contribution in [0.1, 0.15) is 46.0 Å². The predicted molar refractivity (Wildman–Crippen MR) is 75.1 cm³/mol. The average molecular weight is 285 g/mol. The first-order chi connectivity index (χ1) is 9.45. The molecule has 1 aromatic carbocycles. The van der Waals surface area contributed by atoms with Crippen molar-refractivity contribution in [3.05, 3.63) is 29.6 Å². The molecule has 1 aliphatic rings. The maximum absolute atomic E-state index is 13.6. The normalized spacial score (nSPS) is 23.1. The Balaban J connectivity index is 2.01. The first-order valence-corrected chi connectivity index (χ1v) is 7.36. The third-order valence-electron chi connectivity index (χ3n) is 3.96. The van der Waals surface area contributed by atoms with Gasteiger partial charge in [-0.05, 0) is 31.1 Å². The molecule has 1 fully saturated rings. The molecule has 0 saturated heterocycles. The van der Waals surface area contributed by atoms with Gasteiger partial charge in [0.15, 0.2) is 11.6 Å². The fourth-order valence-corrected chi connectivity index (χ4v) is 3.16. The molecule has 0 spiro atoms. The highest BCUT2D eigenvalue weighted by Crippen LogP contribution is 2.31. The standard InChI is InChI=1S/C16H22F3N/c1-10(2)6-11-4-3-5-12(7-11)20-16-9-14(18)13(17)8-15(16)19/h8-12,20H,3-7H2,1-2H3. The minimum Gasteiger partial charge on any atom is -0.380 e. The van der Waals surface area contributed by atoms with Crippen molar-refractivity contribution in [1.82, 2.24) is 0 Å². The van der Waals surface area contributed by atoms with Gasteiger partial charge in [-0.2, -0.15) is 0 Å². The zero-order valence-corrected chi connectivity index (χ0v) is 12.1. The van der Waals surface area contributed by atoms with Crippen molar-refractivity contribution in [2.24, 2.45) is 11.8 Å². The molecule has 0 radical (unpaired) electrons. The predicted octanol–water partition coefficient (Wildman–Crippen LogP) is 5.12. The Bertz CT molecular complexity index is 459. The Kier molecular flexibility index (Phi) is 4.95. The van der Waals surface area contributed by atoms with Gasteiger partial charge in [0.1, 0.15) is 5.82 Å². The van der Waals surface area contributed by atoms with E-state index in [4.69, 9.17) is 0 Å². The zero-order valence-electron chi connectivity index (χ0n) is 12.1. The molecule has 2 rings (SSSR count). The number of hydrogen-bond donors (Lipinski definition) is 1. The first kappa shape index (κ1) is 15.2. The molecule has 112 valence electrons. The summed E-state index contributed by atoms with van der Waals surface area (Å²) in [5.74, 6) is -1.60. The van der Waals surface area contributed by atoms with Crippen LogP contribution in [-0.4, -0.2) is 6.04 Å². The van der Waals surface area contributed by atoms with Gasteiger partial charge in [-0.25, -0.2) is 13.2 Å². The Hall–Kier alpha value is -1.19. The van der Waals surface area contributed by atoms with Crippen LogP contribution in [-0.2, 0) is 0 Å². The number of nitrogens with one attached hydrogen (secondary N) is 1. The molecular weight excluding hydrogens is 263 g/mol. The summed E-state index contributed by atoms with van der Waals surface area (Å²) in [7, 11) is 0. The van der Waals surface area contributed by atoms with E-state index in [9.17, 15) is 13.2 Å². The van der Waals surface area contributed by atoms with E-state index in [1.807, 2.05) is 0 Å². The summed E-state index contributed by atoms with van der Waals surface area (Å²) >= 11 is 0. The van der Waals surface area contributed by atoms with Gasteiger partial charge in [-0.3, -0.25) is 0 Å². The summed E-state index contributed by atoms with van der Waals surface area (Å²) in [6, 6.07) is 1.66. The summed E-state index contributed by atoms with van der Waals surface area (Å²) in [5.41, 5.74) is 0.0686. The SMILES string of the molecule is CC(C)CC1CCCC(Nc2cc(F)c(F)cc2F)C1. The van der Waals surface area contributed by atoms with Gasteiger partial charge in [0.05, 0.1) is 5.69 Å². The maximum Gasteiger partial charge on any atom is 0.161 e. The van der Waals surface area contributed by atoms with Crippen molar-refractivity contribution in [2.75, 3.05) is 5.32 Å². The zero-order chi connectivity index (χ0) is 14.7. The van der Waals surface area contributed by atoms with Crippen molar-refractivity contribution in [3.8, 4) is 0 Å². The fourth-order valence-electron chi connectivity index (χ4n) is 3.16. The van der Waals surface area contributed by atoms with Crippen LogP contribution >= 0.6 is 0 Å². The third-order valence-corrected chi connectivity index (χ3v) is 3.96. The molecule has 1 N–H and O–H groups in total. The van der Waals surface area contributed by atoms with Crippen LogP contribution in [0.15, 0.2) is 12.1 Å². The van der Waals surface area contributed by atoms with Crippen LogP contribution in [0.5, 0.6) is 0 Å². The first-order valence-electron chi connectivity index (χ1n) is 7.36. The molecule has 0 heterocycles. The van der Waals surface area contributed by atoms with Crippen LogP contribution in [0.4, 0.5) is 18.9 Å². The number of benzene rings is 1. The van der Waals surface area contributed by atoms with Crippen LogP contribution in [0, 0.1) is 29.3 Å². The molecule has 2 atom stereocenters. The summed E-state index contributed by atoms with van der Waals surface area (Å²) in [6.07, 6.45) is 5.39. The second kappa shape index (κ2) is 6.51. The summed E-state index contributed by atoms with van der Waals surface area (Å²) in [5, 5.41) is 3.04. The largest absolute Gasteiger partial charge is 0.380 e. The van der Waals surface area contributed by atoms with Gasteiger partial charge in [0, 0.05) is 18.2 Å². The van der Waals surface area contributed by atoms with E-state index in [0.29, 0.717) is 17.9 Å². The van der Waals surface area contributed by atoms with Crippen molar-refractivity contribution in [3.63, 3.8) is 0 Å². The van der Waals surface area contributed by atoms with Gasteiger partial charge < -0.3 is 5.32 Å². The highest BCUT2D eigenvalue weighted by Gasteiger charge is 2.23. The van der Waals surface area contributed by atoms with Gasteiger partial charge in [0.2, 0.25) is 0 Å². The quantitative estimate of drug-likeness (QED) is 0.757. The Morgan fingerprint density at radius 3 is 2.50 bits per heavy atom. The van der Waals surface area contributed by atoms with E-state index in [1.54, 1.807) is 0 Å². The Morgan fingerprint density at radius 2 is 1.80 bits per heavy atom. The second-order valence-corrected chi connectivity index (χ2v) is 6.25. The number of halogens is 3. The molecule has 1 aromatic rings. The minimum absolute atomic E-state index is 0.0686. The smallest absolute Gasteiger partial charge is 0.161 e. The number of rotatable bonds is 4. The lowest BCUT2D eigenvalue weighted by atomic mass is 9.81. The van der Waals surface area contributed by atoms with E-state index in [1.165, 1.54) is 12.8 Å². The molecule has 0 aliphatic heterocycles. The van der Waals surface area contributed by atoms with Crippen molar-refractivity contribution in [2.45, 2.75) is 52.0 Å². The van der Waals surface area contributed by atoms with Gasteiger partial charge in [0.25, 0.3) is 0 Å². The van der Waals surface area contributed by atoms with Crippen LogP contribution in [0.2, 0.25) is 0 Å². The highest BCUT2D eigenvalue weighted by molar-refractivity contribution is 5.46. The average Bonchev–Trinajstić information content (AvgIpc) is 2.35. The highest BCUT2D eigenvalue weighted by atomic mass is 19.2. The molecule has 0 aromatic heterocycles. The van der Waals surface area contributed by atoms with Crippen LogP contribution in [0.25, 0.3) is 0 Å². The fraction of sp³-hybridized carbons (Fsp3) is 0.625. The van der Waals surface area contributed by atoms with E-state index >= 15 is 0 Å². The molecule has 20 heavy (non-hydrogen) atoms. The second-order valence-electron chi connectivity index (χ2n) is 6.25. The van der Waals surface area contributed by atoms with E-state index in [0.717, 1.165) is 25.3 Å². The van der Waals surface area contributed by atoms with Crippen molar-refractivity contribution < 1.29 is 13.2 Å². The molecule has 1 saturated carbocycles. The minimum atomic E-state index is -1.14. The van der Waals surface area contributed by atoms with E-state index < -0.39 is 17.5 Å². The lowest BCUT2D eigenvalue weighted by Gasteiger charge is -2.31. The van der Waals surface area contributed by atoms with E-state index in [-0.39, 0.29) is 11.7 Å². The van der Waals surface area contributed by atoms with Crippen LogP contribution in [0.3, 0.4) is 0 Å². The molecule has 1 nitrogen and oxygen atoms in total.